The number of ketones is 2. The van der Waals surface area contributed by atoms with E-state index < -0.39 is 40.1 Å². The first-order valence-electron chi connectivity index (χ1n) is 11.7. The van der Waals surface area contributed by atoms with Crippen LogP contribution in [0.15, 0.2) is 0 Å². The lowest BCUT2D eigenvalue weighted by Crippen LogP contribution is -2.71. The summed E-state index contributed by atoms with van der Waals surface area (Å²) in [5, 5.41) is 11.4. The van der Waals surface area contributed by atoms with Crippen LogP contribution in [-0.2, 0) is 19.1 Å². The minimum absolute atomic E-state index is 0.0422. The molecule has 0 bridgehead atoms. The highest BCUT2D eigenvalue weighted by Gasteiger charge is 2.76. The molecule has 0 saturated heterocycles. The second-order valence-electron chi connectivity index (χ2n) is 10.8. The van der Waals surface area contributed by atoms with Gasteiger partial charge in [0.2, 0.25) is 0 Å². The van der Waals surface area contributed by atoms with Crippen LogP contribution in [0.3, 0.4) is 0 Å². The molecular weight excluding hydrogens is 423 g/mol. The number of ether oxygens (including phenoxy) is 1. The van der Waals surface area contributed by atoms with Crippen molar-refractivity contribution in [3.8, 4) is 0 Å². The van der Waals surface area contributed by atoms with Crippen LogP contribution in [0.4, 0.5) is 4.39 Å². The molecule has 4 saturated carbocycles. The highest BCUT2D eigenvalue weighted by molar-refractivity contribution is 6.29. The molecule has 0 aromatic heterocycles. The Balaban J connectivity index is 1.77. The van der Waals surface area contributed by atoms with E-state index in [0.717, 1.165) is 6.42 Å². The molecule has 5 nitrogen and oxygen atoms in total. The maximum Gasteiger partial charge on any atom is 0.306 e. The molecule has 0 heterocycles. The van der Waals surface area contributed by atoms with Gasteiger partial charge in [-0.3, -0.25) is 14.4 Å². The van der Waals surface area contributed by atoms with Crippen molar-refractivity contribution in [1.29, 1.82) is 0 Å². The van der Waals surface area contributed by atoms with Crippen molar-refractivity contribution < 1.29 is 28.6 Å². The van der Waals surface area contributed by atoms with Gasteiger partial charge in [0.1, 0.15) is 11.5 Å². The maximum atomic E-state index is 17.1. The van der Waals surface area contributed by atoms with Crippen molar-refractivity contribution >= 4 is 29.1 Å². The summed E-state index contributed by atoms with van der Waals surface area (Å²) < 4.78 is 23.0. The second-order valence-corrected chi connectivity index (χ2v) is 11.1. The molecule has 0 amide bonds. The molecule has 4 aliphatic rings. The first-order valence-corrected chi connectivity index (χ1v) is 12.2. The number of carbonyl (C=O) groups is 3. The predicted octanol–water partition coefficient (Wildman–Crippen LogP) is 4.16. The average Bonchev–Trinajstić information content (AvgIpc) is 3.01. The molecule has 4 aliphatic carbocycles. The Bertz CT molecular complexity index is 803. The van der Waals surface area contributed by atoms with E-state index in [4.69, 9.17) is 16.3 Å². The minimum atomic E-state index is -1.82. The summed E-state index contributed by atoms with van der Waals surface area (Å²) in [7, 11) is 0. The fourth-order valence-corrected chi connectivity index (χ4v) is 8.31. The molecule has 31 heavy (non-hydrogen) atoms. The molecule has 0 spiro atoms. The molecule has 8 atom stereocenters. The van der Waals surface area contributed by atoms with Crippen LogP contribution in [0.25, 0.3) is 0 Å². The number of rotatable bonds is 4. The van der Waals surface area contributed by atoms with Crippen molar-refractivity contribution in [2.75, 3.05) is 5.88 Å². The van der Waals surface area contributed by atoms with E-state index in [0.29, 0.717) is 38.5 Å². The fraction of sp³-hybridized carbons (Fsp3) is 0.875. The molecule has 0 unspecified atom stereocenters. The number of carbonyl (C=O) groups excluding carboxylic acids is 3. The summed E-state index contributed by atoms with van der Waals surface area (Å²) in [6.45, 7) is 5.45. The van der Waals surface area contributed by atoms with E-state index in [1.807, 2.05) is 13.8 Å². The van der Waals surface area contributed by atoms with Gasteiger partial charge in [-0.05, 0) is 56.3 Å². The molecule has 174 valence electrons. The van der Waals surface area contributed by atoms with E-state index in [1.54, 1.807) is 6.92 Å². The van der Waals surface area contributed by atoms with Crippen LogP contribution >= 0.6 is 11.6 Å². The lowest BCUT2D eigenvalue weighted by molar-refractivity contribution is -0.256. The van der Waals surface area contributed by atoms with Gasteiger partial charge in [0.25, 0.3) is 0 Å². The Hall–Kier alpha value is -1.01. The quantitative estimate of drug-likeness (QED) is 0.507. The summed E-state index contributed by atoms with van der Waals surface area (Å²) in [5.41, 5.74) is -4.89. The zero-order valence-electron chi connectivity index (χ0n) is 18.7. The molecule has 0 aliphatic heterocycles. The Morgan fingerprint density at radius 2 is 1.87 bits per heavy atom. The number of fused-ring (bicyclic) bond motifs is 5. The van der Waals surface area contributed by atoms with Gasteiger partial charge >= 0.3 is 5.97 Å². The van der Waals surface area contributed by atoms with Crippen LogP contribution in [0.2, 0.25) is 0 Å². The molecule has 4 rings (SSSR count). The Labute approximate surface area is 188 Å². The maximum absolute atomic E-state index is 17.1. The Morgan fingerprint density at radius 1 is 1.16 bits per heavy atom. The SMILES string of the molecule is CCC(=O)O[C@@]1(C(=O)CCl)CC[C@H]2[C@@H]3CC[C@@H]4CC(=O)CC[C@]4(C)[C@@]3(F)[C@@H](O)C[C@@]21C. The Morgan fingerprint density at radius 3 is 2.52 bits per heavy atom. The largest absolute Gasteiger partial charge is 0.450 e. The van der Waals surface area contributed by atoms with Crippen molar-refractivity contribution in [2.45, 2.75) is 95.9 Å². The molecule has 4 fully saturated rings. The topological polar surface area (TPSA) is 80.7 Å². The summed E-state index contributed by atoms with van der Waals surface area (Å²) in [6.07, 6.45) is 2.22. The third-order valence-corrected chi connectivity index (χ3v) is 10.1. The molecular formula is C24H34ClFO5. The lowest BCUT2D eigenvalue weighted by Gasteiger charge is -2.65. The van der Waals surface area contributed by atoms with E-state index >= 15 is 4.39 Å². The molecule has 1 N–H and O–H groups in total. The molecule has 7 heteroatoms. The van der Waals surface area contributed by atoms with Crippen LogP contribution in [-0.4, -0.2) is 45.9 Å². The number of aliphatic hydroxyl groups is 1. The van der Waals surface area contributed by atoms with Gasteiger partial charge in [0, 0.05) is 30.1 Å². The highest BCUT2D eigenvalue weighted by Crippen LogP contribution is 2.71. The number of hydrogen-bond donors (Lipinski definition) is 1. The standard InChI is InChI=1S/C24H34ClFO5/c1-4-20(30)31-23(19(29)13-25)10-8-16-17-6-5-14-11-15(27)7-9-21(14,2)24(17,26)18(28)12-22(16,23)3/h14,16-18,28H,4-13H2,1-3H3/t14-,16+,17+,18+,21+,22+,23-,24+/m1/s1. The van der Waals surface area contributed by atoms with Gasteiger partial charge < -0.3 is 9.84 Å². The predicted molar refractivity (Wildman–Crippen MR) is 113 cm³/mol. The molecule has 0 radical (unpaired) electrons. The van der Waals surface area contributed by atoms with Crippen molar-refractivity contribution in [3.05, 3.63) is 0 Å². The van der Waals surface area contributed by atoms with Gasteiger partial charge in [-0.25, -0.2) is 4.39 Å². The van der Waals surface area contributed by atoms with Gasteiger partial charge in [0.15, 0.2) is 11.4 Å². The van der Waals surface area contributed by atoms with Gasteiger partial charge in [-0.2, -0.15) is 0 Å². The van der Waals surface area contributed by atoms with Crippen LogP contribution < -0.4 is 0 Å². The van der Waals surface area contributed by atoms with Crippen LogP contribution in [0.5, 0.6) is 0 Å². The van der Waals surface area contributed by atoms with Crippen molar-refractivity contribution in [2.24, 2.45) is 28.6 Å². The summed E-state index contributed by atoms with van der Waals surface area (Å²) >= 11 is 5.96. The molecule has 0 aromatic rings. The second kappa shape index (κ2) is 7.51. The van der Waals surface area contributed by atoms with Gasteiger partial charge in [-0.1, -0.05) is 20.8 Å². The van der Waals surface area contributed by atoms with Crippen molar-refractivity contribution in [1.82, 2.24) is 0 Å². The first kappa shape index (κ1) is 23.2. The third-order valence-electron chi connectivity index (χ3n) is 9.82. The van der Waals surface area contributed by atoms with Crippen LogP contribution in [0.1, 0.15) is 78.6 Å². The van der Waals surface area contributed by atoms with E-state index in [1.165, 1.54) is 0 Å². The number of hydrogen-bond acceptors (Lipinski definition) is 5. The van der Waals surface area contributed by atoms with Gasteiger partial charge in [-0.15, -0.1) is 11.6 Å². The van der Waals surface area contributed by atoms with Crippen LogP contribution in [0, 0.1) is 28.6 Å². The van der Waals surface area contributed by atoms with E-state index in [-0.39, 0.29) is 42.1 Å². The normalized spacial score (nSPS) is 49.0. The van der Waals surface area contributed by atoms with E-state index in [9.17, 15) is 19.5 Å². The van der Waals surface area contributed by atoms with Gasteiger partial charge in [0.05, 0.1) is 12.0 Å². The number of Topliss-reactive ketones (excluding diaryl/α,β-unsaturated/α-hetero) is 2. The average molecular weight is 457 g/mol. The lowest BCUT2D eigenvalue weighted by atomic mass is 9.42. The number of alkyl halides is 2. The fourth-order valence-electron chi connectivity index (χ4n) is 8.10. The number of aliphatic hydroxyl groups excluding tert-OH is 1. The Kier molecular flexibility index (Phi) is 5.61. The summed E-state index contributed by atoms with van der Waals surface area (Å²) in [6, 6.07) is 0. The number of esters is 1. The third kappa shape index (κ3) is 2.86. The smallest absolute Gasteiger partial charge is 0.306 e. The van der Waals surface area contributed by atoms with E-state index in [2.05, 4.69) is 0 Å². The zero-order chi connectivity index (χ0) is 22.8. The van der Waals surface area contributed by atoms with Crippen molar-refractivity contribution in [3.63, 3.8) is 0 Å². The molecule has 0 aromatic carbocycles. The summed E-state index contributed by atoms with van der Waals surface area (Å²) in [4.78, 5) is 37.5. The highest BCUT2D eigenvalue weighted by atomic mass is 35.5. The summed E-state index contributed by atoms with van der Waals surface area (Å²) in [5.74, 6) is -1.66. The number of halogens is 2. The first-order chi connectivity index (χ1) is 14.5. The zero-order valence-corrected chi connectivity index (χ0v) is 19.5. The monoisotopic (exact) mass is 456 g/mol. The minimum Gasteiger partial charge on any atom is -0.450 e.